The molecule has 0 aromatic heterocycles. The van der Waals surface area contributed by atoms with Crippen molar-refractivity contribution in [1.29, 1.82) is 0 Å². The molecular formula is C13H19N3O3S. The predicted octanol–water partition coefficient (Wildman–Crippen LogP) is 0.570. The predicted molar refractivity (Wildman–Crippen MR) is 80.7 cm³/mol. The molecule has 0 heterocycles. The van der Waals surface area contributed by atoms with Crippen LogP contribution in [0.25, 0.3) is 0 Å². The molecule has 0 saturated heterocycles. The van der Waals surface area contributed by atoms with Crippen molar-refractivity contribution >= 4 is 29.3 Å². The van der Waals surface area contributed by atoms with E-state index in [1.165, 1.54) is 0 Å². The van der Waals surface area contributed by atoms with Gasteiger partial charge in [-0.1, -0.05) is 0 Å². The van der Waals surface area contributed by atoms with Crippen LogP contribution in [0.2, 0.25) is 0 Å². The Balaban J connectivity index is 2.48. The zero-order chi connectivity index (χ0) is 15.0. The quantitative estimate of drug-likeness (QED) is 0.650. The third-order valence-corrected chi connectivity index (χ3v) is 3.12. The molecule has 1 atom stereocenters. The van der Waals surface area contributed by atoms with Crippen molar-refractivity contribution in [2.75, 3.05) is 23.9 Å². The van der Waals surface area contributed by atoms with E-state index in [4.69, 9.17) is 16.2 Å². The zero-order valence-electron chi connectivity index (χ0n) is 11.3. The van der Waals surface area contributed by atoms with Gasteiger partial charge >= 0.3 is 0 Å². The molecule has 0 spiro atoms. The lowest BCUT2D eigenvalue weighted by Crippen LogP contribution is -2.36. The number of primary amides is 1. The number of thioether (sulfide) groups is 1. The van der Waals surface area contributed by atoms with E-state index in [1.807, 2.05) is 6.26 Å². The highest BCUT2D eigenvalue weighted by atomic mass is 32.2. The van der Waals surface area contributed by atoms with E-state index < -0.39 is 11.9 Å². The smallest absolute Gasteiger partial charge is 0.255 e. The Kier molecular flexibility index (Phi) is 6.89. The van der Waals surface area contributed by atoms with E-state index in [0.717, 1.165) is 5.75 Å². The first-order valence-electron chi connectivity index (χ1n) is 6.09. The van der Waals surface area contributed by atoms with Crippen molar-refractivity contribution in [3.63, 3.8) is 0 Å². The SMILES string of the molecule is CSCC[C@@H](N)C(=O)Nc1ccc(OCC(N)=O)cc1. The number of anilines is 1. The number of ether oxygens (including phenoxy) is 1. The van der Waals surface area contributed by atoms with Gasteiger partial charge in [-0.2, -0.15) is 11.8 Å². The van der Waals surface area contributed by atoms with E-state index in [2.05, 4.69) is 5.32 Å². The molecular weight excluding hydrogens is 278 g/mol. The number of rotatable bonds is 8. The number of carbonyl (C=O) groups excluding carboxylic acids is 2. The van der Waals surface area contributed by atoms with Gasteiger partial charge in [0.25, 0.3) is 5.91 Å². The molecule has 0 fully saturated rings. The lowest BCUT2D eigenvalue weighted by molar-refractivity contribution is -0.120. The van der Waals surface area contributed by atoms with Gasteiger partial charge in [0.1, 0.15) is 5.75 Å². The van der Waals surface area contributed by atoms with Gasteiger partial charge in [-0.05, 0) is 42.7 Å². The molecule has 0 aliphatic rings. The first-order valence-corrected chi connectivity index (χ1v) is 7.49. The van der Waals surface area contributed by atoms with Gasteiger partial charge < -0.3 is 21.5 Å². The number of benzene rings is 1. The Morgan fingerprint density at radius 2 is 2.00 bits per heavy atom. The number of carbonyl (C=O) groups is 2. The van der Waals surface area contributed by atoms with Crippen molar-refractivity contribution in [2.24, 2.45) is 11.5 Å². The fourth-order valence-corrected chi connectivity index (χ4v) is 1.89. The zero-order valence-corrected chi connectivity index (χ0v) is 12.1. The molecule has 0 aliphatic heterocycles. The minimum Gasteiger partial charge on any atom is -0.484 e. The maximum absolute atomic E-state index is 11.8. The van der Waals surface area contributed by atoms with Crippen molar-refractivity contribution in [3.05, 3.63) is 24.3 Å². The molecule has 6 nitrogen and oxygen atoms in total. The van der Waals surface area contributed by atoms with Crippen LogP contribution in [0.5, 0.6) is 5.75 Å². The first-order chi connectivity index (χ1) is 9.52. The number of nitrogens with two attached hydrogens (primary N) is 2. The number of amides is 2. The maximum atomic E-state index is 11.8. The van der Waals surface area contributed by atoms with Crippen LogP contribution >= 0.6 is 11.8 Å². The number of hydrogen-bond acceptors (Lipinski definition) is 5. The third kappa shape index (κ3) is 5.94. The van der Waals surface area contributed by atoms with Crippen LogP contribution < -0.4 is 21.5 Å². The first kappa shape index (κ1) is 16.3. The Bertz CT molecular complexity index is 451. The summed E-state index contributed by atoms with van der Waals surface area (Å²) in [4.78, 5) is 22.4. The molecule has 110 valence electrons. The van der Waals surface area contributed by atoms with E-state index in [0.29, 0.717) is 17.9 Å². The van der Waals surface area contributed by atoms with Crippen LogP contribution in [0.4, 0.5) is 5.69 Å². The highest BCUT2D eigenvalue weighted by Gasteiger charge is 2.12. The molecule has 0 bridgehead atoms. The van der Waals surface area contributed by atoms with E-state index in [9.17, 15) is 9.59 Å². The lowest BCUT2D eigenvalue weighted by atomic mass is 10.2. The second-order valence-electron chi connectivity index (χ2n) is 4.16. The van der Waals surface area contributed by atoms with Gasteiger partial charge in [0.2, 0.25) is 5.91 Å². The molecule has 1 aromatic rings. The second-order valence-corrected chi connectivity index (χ2v) is 5.14. The summed E-state index contributed by atoms with van der Waals surface area (Å²) in [6.45, 7) is -0.175. The Morgan fingerprint density at radius 1 is 1.35 bits per heavy atom. The van der Waals surface area contributed by atoms with Crippen LogP contribution in [0.1, 0.15) is 6.42 Å². The van der Waals surface area contributed by atoms with E-state index in [-0.39, 0.29) is 12.5 Å². The average molecular weight is 297 g/mol. The highest BCUT2D eigenvalue weighted by Crippen LogP contribution is 2.16. The maximum Gasteiger partial charge on any atom is 0.255 e. The molecule has 0 radical (unpaired) electrons. The fraction of sp³-hybridized carbons (Fsp3) is 0.385. The topological polar surface area (TPSA) is 107 Å². The average Bonchev–Trinajstić information content (AvgIpc) is 2.43. The summed E-state index contributed by atoms with van der Waals surface area (Å²) in [7, 11) is 0. The summed E-state index contributed by atoms with van der Waals surface area (Å²) in [5.74, 6) is 0.592. The monoisotopic (exact) mass is 297 g/mol. The van der Waals surface area contributed by atoms with Crippen molar-refractivity contribution in [1.82, 2.24) is 0 Å². The Labute approximate surface area is 122 Å². The molecule has 1 rings (SSSR count). The van der Waals surface area contributed by atoms with Gasteiger partial charge in [-0.25, -0.2) is 0 Å². The van der Waals surface area contributed by atoms with E-state index in [1.54, 1.807) is 36.0 Å². The summed E-state index contributed by atoms with van der Waals surface area (Å²) in [6, 6.07) is 6.12. The number of nitrogens with one attached hydrogen (secondary N) is 1. The summed E-state index contributed by atoms with van der Waals surface area (Å²) in [5, 5.41) is 2.72. The second kappa shape index (κ2) is 8.44. The summed E-state index contributed by atoms with van der Waals surface area (Å²) >= 11 is 1.65. The Hall–Kier alpha value is -1.73. The van der Waals surface area contributed by atoms with Crippen LogP contribution in [-0.4, -0.2) is 36.5 Å². The van der Waals surface area contributed by atoms with Gasteiger partial charge in [-0.3, -0.25) is 9.59 Å². The van der Waals surface area contributed by atoms with Crippen molar-refractivity contribution in [3.8, 4) is 5.75 Å². The van der Waals surface area contributed by atoms with Crippen molar-refractivity contribution < 1.29 is 14.3 Å². The third-order valence-electron chi connectivity index (χ3n) is 2.47. The van der Waals surface area contributed by atoms with Crippen LogP contribution in [0, 0.1) is 0 Å². The molecule has 2 amide bonds. The molecule has 5 N–H and O–H groups in total. The van der Waals surface area contributed by atoms with Crippen molar-refractivity contribution in [2.45, 2.75) is 12.5 Å². The standard InChI is InChI=1S/C13H19N3O3S/c1-20-7-6-11(14)13(18)16-9-2-4-10(5-3-9)19-8-12(15)17/h2-5,11H,6-8,14H2,1H3,(H2,15,17)(H,16,18)/t11-/m1/s1. The fourth-order valence-electron chi connectivity index (χ4n) is 1.40. The number of hydrogen-bond donors (Lipinski definition) is 3. The molecule has 0 unspecified atom stereocenters. The lowest BCUT2D eigenvalue weighted by Gasteiger charge is -2.12. The van der Waals surface area contributed by atoms with Gasteiger partial charge in [-0.15, -0.1) is 0 Å². The molecule has 1 aromatic carbocycles. The summed E-state index contributed by atoms with van der Waals surface area (Å²) in [6.07, 6.45) is 2.60. The van der Waals surface area contributed by atoms with Crippen LogP contribution in [0.15, 0.2) is 24.3 Å². The highest BCUT2D eigenvalue weighted by molar-refractivity contribution is 7.98. The largest absolute Gasteiger partial charge is 0.484 e. The molecule has 0 saturated carbocycles. The van der Waals surface area contributed by atoms with Gasteiger partial charge in [0.05, 0.1) is 6.04 Å². The molecule has 20 heavy (non-hydrogen) atoms. The summed E-state index contributed by atoms with van der Waals surface area (Å²) in [5.41, 5.74) is 11.4. The normalized spacial score (nSPS) is 11.7. The van der Waals surface area contributed by atoms with Gasteiger partial charge in [0, 0.05) is 5.69 Å². The molecule has 0 aliphatic carbocycles. The minimum absolute atomic E-state index is 0.175. The van der Waals surface area contributed by atoms with Gasteiger partial charge in [0.15, 0.2) is 6.61 Å². The Morgan fingerprint density at radius 3 is 2.55 bits per heavy atom. The molecule has 7 heteroatoms. The van der Waals surface area contributed by atoms with Crippen LogP contribution in [-0.2, 0) is 9.59 Å². The van der Waals surface area contributed by atoms with E-state index >= 15 is 0 Å². The summed E-state index contributed by atoms with van der Waals surface area (Å²) < 4.78 is 5.11. The minimum atomic E-state index is -0.540. The van der Waals surface area contributed by atoms with Crippen LogP contribution in [0.3, 0.4) is 0 Å².